The van der Waals surface area contributed by atoms with Crippen molar-refractivity contribution < 1.29 is 9.90 Å². The molecule has 1 N–H and O–H groups in total. The summed E-state index contributed by atoms with van der Waals surface area (Å²) in [7, 11) is 0. The van der Waals surface area contributed by atoms with Crippen molar-refractivity contribution in [2.75, 3.05) is 0 Å². The molecule has 0 radical (unpaired) electrons. The van der Waals surface area contributed by atoms with Crippen LogP contribution >= 0.6 is 23.1 Å². The maximum atomic E-state index is 10.9. The summed E-state index contributed by atoms with van der Waals surface area (Å²) in [4.78, 5) is 12.5. The van der Waals surface area contributed by atoms with Crippen LogP contribution in [-0.2, 0) is 0 Å². The van der Waals surface area contributed by atoms with E-state index in [2.05, 4.69) is 0 Å². The van der Waals surface area contributed by atoms with Gasteiger partial charge >= 0.3 is 5.97 Å². The van der Waals surface area contributed by atoms with Gasteiger partial charge in [-0.15, -0.1) is 23.1 Å². The first kappa shape index (κ1) is 12.5. The molecule has 18 heavy (non-hydrogen) atoms. The zero-order chi connectivity index (χ0) is 12.6. The highest BCUT2D eigenvalue weighted by Crippen LogP contribution is 2.58. The molecule has 1 aromatic rings. The lowest BCUT2D eigenvalue weighted by Gasteiger charge is -2.51. The van der Waals surface area contributed by atoms with Gasteiger partial charge < -0.3 is 5.11 Å². The lowest BCUT2D eigenvalue weighted by molar-refractivity contribution is 0.0702. The number of rotatable bonds is 3. The van der Waals surface area contributed by atoms with Crippen molar-refractivity contribution in [1.29, 1.82) is 0 Å². The van der Waals surface area contributed by atoms with Crippen LogP contribution in [0, 0.1) is 5.41 Å². The minimum atomic E-state index is -0.798. The number of carbonyl (C=O) groups is 1. The Kier molecular flexibility index (Phi) is 3.41. The highest BCUT2D eigenvalue weighted by atomic mass is 32.2. The average Bonchev–Trinajstić information content (AvgIpc) is 2.85. The summed E-state index contributed by atoms with van der Waals surface area (Å²) in [6.07, 6.45) is 9.66. The van der Waals surface area contributed by atoms with Gasteiger partial charge in [0.2, 0.25) is 0 Å². The third-order valence-corrected chi connectivity index (χ3v) is 7.10. The summed E-state index contributed by atoms with van der Waals surface area (Å²) in [5.41, 5.74) is 0.592. The Morgan fingerprint density at radius 1 is 1.33 bits per heavy atom. The molecule has 2 nitrogen and oxygen atoms in total. The molecule has 4 heteroatoms. The van der Waals surface area contributed by atoms with Gasteiger partial charge in [0.1, 0.15) is 4.88 Å². The van der Waals surface area contributed by atoms with Gasteiger partial charge in [0.05, 0.1) is 0 Å². The molecule has 1 atom stereocenters. The van der Waals surface area contributed by atoms with Crippen molar-refractivity contribution >= 4 is 29.1 Å². The first-order valence-corrected chi connectivity index (χ1v) is 8.44. The molecule has 3 rings (SSSR count). The fourth-order valence-corrected chi connectivity index (χ4v) is 5.74. The van der Waals surface area contributed by atoms with Gasteiger partial charge in [-0.05, 0) is 37.2 Å². The Bertz CT molecular complexity index is 446. The second-order valence-corrected chi connectivity index (χ2v) is 7.71. The van der Waals surface area contributed by atoms with Gasteiger partial charge in [0.25, 0.3) is 0 Å². The molecule has 1 heterocycles. The Balaban J connectivity index is 1.67. The van der Waals surface area contributed by atoms with Gasteiger partial charge in [-0.2, -0.15) is 0 Å². The smallest absolute Gasteiger partial charge is 0.345 e. The van der Waals surface area contributed by atoms with Gasteiger partial charge in [-0.1, -0.05) is 19.3 Å². The Morgan fingerprint density at radius 3 is 2.67 bits per heavy atom. The molecular formula is C14H18O2S2. The van der Waals surface area contributed by atoms with Crippen LogP contribution in [0.2, 0.25) is 0 Å². The summed E-state index contributed by atoms with van der Waals surface area (Å²) in [5.74, 6) is -0.798. The number of thiophene rings is 1. The van der Waals surface area contributed by atoms with Crippen LogP contribution in [0.25, 0.3) is 0 Å². The maximum absolute atomic E-state index is 10.9. The zero-order valence-corrected chi connectivity index (χ0v) is 12.0. The van der Waals surface area contributed by atoms with Crippen molar-refractivity contribution in [1.82, 2.24) is 0 Å². The highest BCUT2D eigenvalue weighted by molar-refractivity contribution is 8.00. The van der Waals surface area contributed by atoms with Crippen LogP contribution < -0.4 is 0 Å². The van der Waals surface area contributed by atoms with Crippen LogP contribution in [0.4, 0.5) is 0 Å². The predicted octanol–water partition coefficient (Wildman–Crippen LogP) is 4.65. The molecule has 2 fully saturated rings. The molecule has 0 aromatic carbocycles. The van der Waals surface area contributed by atoms with E-state index in [1.165, 1.54) is 56.3 Å². The molecule has 0 amide bonds. The standard InChI is InChI=1S/C14H18O2S2/c15-13(16)11-8-10(9-17-11)18-12-4-7-14(12)5-2-1-3-6-14/h8-9,12H,1-7H2,(H,15,16). The van der Waals surface area contributed by atoms with Gasteiger partial charge in [-0.25, -0.2) is 4.79 Å². The monoisotopic (exact) mass is 282 g/mol. The minimum absolute atomic E-state index is 0.467. The molecule has 2 saturated carbocycles. The average molecular weight is 282 g/mol. The first-order chi connectivity index (χ1) is 8.70. The van der Waals surface area contributed by atoms with E-state index in [0.29, 0.717) is 10.3 Å². The minimum Gasteiger partial charge on any atom is -0.477 e. The molecule has 2 aliphatic rings. The van der Waals surface area contributed by atoms with Crippen LogP contribution in [0.5, 0.6) is 0 Å². The van der Waals surface area contributed by atoms with Gasteiger partial charge in [0.15, 0.2) is 0 Å². The molecule has 0 aliphatic heterocycles. The van der Waals surface area contributed by atoms with E-state index < -0.39 is 5.97 Å². The van der Waals surface area contributed by atoms with Gasteiger partial charge in [0, 0.05) is 15.5 Å². The second kappa shape index (κ2) is 4.89. The molecular weight excluding hydrogens is 264 g/mol. The fraction of sp³-hybridized carbons (Fsp3) is 0.643. The number of carboxylic acids is 1. The van der Waals surface area contributed by atoms with Crippen LogP contribution in [0.1, 0.15) is 54.6 Å². The summed E-state index contributed by atoms with van der Waals surface area (Å²) < 4.78 is 0. The first-order valence-electron chi connectivity index (χ1n) is 6.68. The summed E-state index contributed by atoms with van der Waals surface area (Å²) >= 11 is 3.27. The summed E-state index contributed by atoms with van der Waals surface area (Å²) in [6, 6.07) is 1.84. The van der Waals surface area contributed by atoms with Crippen LogP contribution in [0.15, 0.2) is 16.3 Å². The molecule has 1 aromatic heterocycles. The third kappa shape index (κ3) is 2.21. The van der Waals surface area contributed by atoms with E-state index >= 15 is 0 Å². The number of hydrogen-bond acceptors (Lipinski definition) is 3. The van der Waals surface area contributed by atoms with E-state index in [1.807, 2.05) is 23.2 Å². The Labute approximate surface area is 116 Å². The van der Waals surface area contributed by atoms with Crippen LogP contribution in [0.3, 0.4) is 0 Å². The maximum Gasteiger partial charge on any atom is 0.345 e. The number of thioether (sulfide) groups is 1. The normalized spacial score (nSPS) is 25.9. The fourth-order valence-electron chi connectivity index (χ4n) is 3.34. The van der Waals surface area contributed by atoms with Crippen molar-refractivity contribution in [2.24, 2.45) is 5.41 Å². The Hall–Kier alpha value is -0.480. The van der Waals surface area contributed by atoms with E-state index in [9.17, 15) is 4.79 Å². The summed E-state index contributed by atoms with van der Waals surface area (Å²) in [5, 5.41) is 11.7. The quantitative estimate of drug-likeness (QED) is 0.876. The zero-order valence-electron chi connectivity index (χ0n) is 10.4. The lowest BCUT2D eigenvalue weighted by Crippen LogP contribution is -2.44. The lowest BCUT2D eigenvalue weighted by atomic mass is 9.60. The molecule has 0 bridgehead atoms. The van der Waals surface area contributed by atoms with Crippen molar-refractivity contribution in [3.63, 3.8) is 0 Å². The van der Waals surface area contributed by atoms with Crippen molar-refractivity contribution in [3.05, 3.63) is 16.3 Å². The SMILES string of the molecule is O=C(O)c1cc(SC2CCC23CCCCC3)cs1. The van der Waals surface area contributed by atoms with Gasteiger partial charge in [-0.3, -0.25) is 0 Å². The van der Waals surface area contributed by atoms with E-state index in [4.69, 9.17) is 5.11 Å². The van der Waals surface area contributed by atoms with Crippen molar-refractivity contribution in [3.8, 4) is 0 Å². The van der Waals surface area contributed by atoms with E-state index in [-0.39, 0.29) is 0 Å². The van der Waals surface area contributed by atoms with E-state index in [0.717, 1.165) is 10.1 Å². The molecule has 98 valence electrons. The largest absolute Gasteiger partial charge is 0.477 e. The van der Waals surface area contributed by atoms with E-state index in [1.54, 1.807) is 0 Å². The molecule has 0 saturated heterocycles. The third-order valence-electron chi connectivity index (χ3n) is 4.50. The van der Waals surface area contributed by atoms with Crippen molar-refractivity contribution in [2.45, 2.75) is 55.1 Å². The summed E-state index contributed by atoms with van der Waals surface area (Å²) in [6.45, 7) is 0. The number of aromatic carboxylic acids is 1. The highest BCUT2D eigenvalue weighted by Gasteiger charge is 2.47. The molecule has 1 spiro atoms. The Morgan fingerprint density at radius 2 is 2.11 bits per heavy atom. The van der Waals surface area contributed by atoms with Crippen LogP contribution in [-0.4, -0.2) is 16.3 Å². The molecule has 2 aliphatic carbocycles. The molecule has 1 unspecified atom stereocenters. The second-order valence-electron chi connectivity index (χ2n) is 5.52. The predicted molar refractivity (Wildman–Crippen MR) is 75.7 cm³/mol. The topological polar surface area (TPSA) is 37.3 Å². The number of carboxylic acid groups (broad SMARTS) is 1. The number of hydrogen-bond donors (Lipinski definition) is 1.